The fourth-order valence-electron chi connectivity index (χ4n) is 14.6. The van der Waals surface area contributed by atoms with Gasteiger partial charge in [0.05, 0.1) is 23.3 Å². The number of halogens is 1. The zero-order chi connectivity index (χ0) is 72.6. The number of nitriles is 2. The predicted octanol–water partition coefficient (Wildman–Crippen LogP) is 21.5. The first-order chi connectivity index (χ1) is 51.6. The van der Waals surface area contributed by atoms with Crippen LogP contribution in [0.1, 0.15) is 61.1 Å². The maximum absolute atomic E-state index is 9.62. The summed E-state index contributed by atoms with van der Waals surface area (Å²) in [5, 5.41) is 42.2. The van der Waals surface area contributed by atoms with Crippen LogP contribution in [-0.2, 0) is 10.8 Å². The quantitative estimate of drug-likeness (QED) is 0.126. The minimum Gasteiger partial charge on any atom is -0.423 e. The number of aromatic nitrogens is 6. The first-order valence-electron chi connectivity index (χ1n) is 35.1. The van der Waals surface area contributed by atoms with Crippen LogP contribution in [0.5, 0.6) is 0 Å². The molecule has 10 nitrogen and oxygen atoms in total. The second kappa shape index (κ2) is 28.4. The van der Waals surface area contributed by atoms with Gasteiger partial charge < -0.3 is 10.0 Å². The van der Waals surface area contributed by atoms with Crippen molar-refractivity contribution >= 4 is 50.1 Å². The minimum atomic E-state index is -1.46. The zero-order valence-corrected chi connectivity index (χ0v) is 60.0. The van der Waals surface area contributed by atoms with Crippen molar-refractivity contribution in [1.29, 1.82) is 10.5 Å². The van der Waals surface area contributed by atoms with Crippen LogP contribution in [0.2, 0.25) is 0 Å². The molecule has 2 aromatic heterocycles. The van der Waals surface area contributed by atoms with Crippen molar-refractivity contribution in [2.45, 2.75) is 38.5 Å². The lowest BCUT2D eigenvalue weighted by Gasteiger charge is -2.22. The van der Waals surface area contributed by atoms with Crippen molar-refractivity contribution in [3.05, 3.63) is 353 Å². The molecule has 0 unspecified atom stereocenters. The molecule has 0 saturated carbocycles. The average Bonchev–Trinajstić information content (AvgIpc) is 1.60. The van der Waals surface area contributed by atoms with Crippen molar-refractivity contribution in [2.24, 2.45) is 0 Å². The van der Waals surface area contributed by atoms with Crippen molar-refractivity contribution in [3.8, 4) is 136 Å². The third-order valence-electron chi connectivity index (χ3n) is 20.3. The largest absolute Gasteiger partial charge is 0.488 e. The first kappa shape index (κ1) is 67.5. The van der Waals surface area contributed by atoms with Gasteiger partial charge in [0.1, 0.15) is 0 Å². The summed E-state index contributed by atoms with van der Waals surface area (Å²) in [4.78, 5) is 29.2. The highest BCUT2D eigenvalue weighted by molar-refractivity contribution is 9.10. The van der Waals surface area contributed by atoms with Crippen LogP contribution in [0.25, 0.3) is 146 Å². The van der Waals surface area contributed by atoms with Gasteiger partial charge in [0.2, 0.25) is 0 Å². The number of benzene rings is 14. The van der Waals surface area contributed by atoms with Crippen LogP contribution in [-0.4, -0.2) is 47.1 Å². The number of fused-ring (bicyclic) bond motifs is 8. The molecular formula is C94H66BBrN8O2. The van der Waals surface area contributed by atoms with Crippen LogP contribution in [0.4, 0.5) is 0 Å². The summed E-state index contributed by atoms with van der Waals surface area (Å²) in [7, 11) is -1.46. The molecule has 0 saturated heterocycles. The van der Waals surface area contributed by atoms with E-state index < -0.39 is 7.12 Å². The fourth-order valence-corrected chi connectivity index (χ4v) is 15.2. The molecule has 0 amide bonds. The molecule has 14 aromatic carbocycles. The highest BCUT2D eigenvalue weighted by Gasteiger charge is 2.38. The minimum absolute atomic E-state index is 0.228. The fraction of sp³-hybridized carbons (Fsp3) is 0.0638. The Bertz CT molecular complexity index is 6030. The maximum Gasteiger partial charge on any atom is 0.488 e. The zero-order valence-electron chi connectivity index (χ0n) is 58.4. The first-order valence-corrected chi connectivity index (χ1v) is 35.9. The second-order valence-electron chi connectivity index (χ2n) is 27.6. The van der Waals surface area contributed by atoms with Crippen LogP contribution >= 0.6 is 15.9 Å². The van der Waals surface area contributed by atoms with E-state index in [1.807, 2.05) is 158 Å². The Hall–Kier alpha value is -12.9. The van der Waals surface area contributed by atoms with E-state index in [9.17, 15) is 15.3 Å². The van der Waals surface area contributed by atoms with Gasteiger partial charge in [-0.15, -0.1) is 0 Å². The van der Waals surface area contributed by atoms with Gasteiger partial charge in [0.15, 0.2) is 34.9 Å². The number of hydrogen-bond acceptors (Lipinski definition) is 10. The highest BCUT2D eigenvalue weighted by atomic mass is 79.9. The van der Waals surface area contributed by atoms with E-state index in [2.05, 4.69) is 207 Å². The third-order valence-corrected chi connectivity index (χ3v) is 20.9. The van der Waals surface area contributed by atoms with E-state index in [-0.39, 0.29) is 10.8 Å². The van der Waals surface area contributed by atoms with Crippen LogP contribution < -0.4 is 5.46 Å². The molecule has 2 aliphatic rings. The lowest BCUT2D eigenvalue weighted by molar-refractivity contribution is 0.425. The van der Waals surface area contributed by atoms with E-state index in [0.29, 0.717) is 51.5 Å². The smallest absolute Gasteiger partial charge is 0.423 e. The van der Waals surface area contributed by atoms with Crippen molar-refractivity contribution in [1.82, 2.24) is 29.9 Å². The topological polar surface area (TPSA) is 165 Å². The molecule has 12 heteroatoms. The standard InChI is InChI=1S/C47H32N4.C31H20BrN3.C16H14BNO2/c1-47(2)42-25-30(29-48)17-23-38(42)39-24-22-37(28-43(39)47)41-27-36-16-10-9-15-35(36)26-40(41)31-18-20-34(21-19-31)46-50-44(32-11-5-3-6-12-32)49-45(51-46)33-13-7-4-8-14-33;32-28-20-26-14-8-7-13-25(26)19-27(28)21-15-17-24(18-16-21)31-34-29(22-9-3-1-4-10-22)33-30(35-31)23-11-5-2-6-12-23;1-16(2)14-7-10(9-18)3-5-12(14)13-6-4-11(17(19)20)8-15(13)16/h3-28H,1-2H3;1-20H;3-8,19-20H,1-2H3. The Morgan fingerprint density at radius 2 is 0.547 bits per heavy atom. The maximum atomic E-state index is 9.62. The molecule has 16 aromatic rings. The summed E-state index contributed by atoms with van der Waals surface area (Å²) >= 11 is 3.76. The molecule has 0 spiro atoms. The highest BCUT2D eigenvalue weighted by Crippen LogP contribution is 2.52. The van der Waals surface area contributed by atoms with Crippen molar-refractivity contribution < 1.29 is 10.0 Å². The molecule has 2 aliphatic carbocycles. The average molecular weight is 1430 g/mol. The van der Waals surface area contributed by atoms with E-state index in [0.717, 1.165) is 87.9 Å². The van der Waals surface area contributed by atoms with Gasteiger partial charge in [-0.1, -0.05) is 304 Å². The Labute approximate surface area is 624 Å². The van der Waals surface area contributed by atoms with Gasteiger partial charge in [-0.3, -0.25) is 0 Å². The molecule has 0 radical (unpaired) electrons. The molecule has 106 heavy (non-hydrogen) atoms. The van der Waals surface area contributed by atoms with Crippen LogP contribution in [0.15, 0.2) is 320 Å². The van der Waals surface area contributed by atoms with E-state index in [1.165, 1.54) is 49.4 Å². The number of nitrogens with zero attached hydrogens (tertiary/aromatic N) is 8. The monoisotopic (exact) mass is 1430 g/mol. The van der Waals surface area contributed by atoms with Gasteiger partial charge in [0, 0.05) is 48.7 Å². The molecule has 0 bridgehead atoms. The normalized spacial score (nSPS) is 12.4. The van der Waals surface area contributed by atoms with E-state index in [4.69, 9.17) is 35.2 Å². The number of rotatable bonds is 10. The second-order valence-corrected chi connectivity index (χ2v) is 28.4. The number of hydrogen-bond donors (Lipinski definition) is 2. The summed E-state index contributed by atoms with van der Waals surface area (Å²) in [6.07, 6.45) is 0. The SMILES string of the molecule is Brc1cc2ccccc2cc1-c1ccc(-c2nc(-c3ccccc3)nc(-c3ccccc3)n2)cc1.CC1(C)c2cc(C#N)ccc2-c2ccc(-c3cc4ccccc4cc3-c3ccc(-c4nc(-c5ccccc5)nc(-c5ccccc5)n4)cc3)cc21.CC1(C)c2cc(C#N)ccc2-c2ccc(B(O)O)cc21. The van der Waals surface area contributed by atoms with Gasteiger partial charge >= 0.3 is 7.12 Å². The Kier molecular flexibility index (Phi) is 18.1. The van der Waals surface area contributed by atoms with Gasteiger partial charge in [-0.2, -0.15) is 10.5 Å². The Balaban J connectivity index is 0.000000135. The summed E-state index contributed by atoms with van der Waals surface area (Å²) in [5.41, 5.74) is 23.2. The summed E-state index contributed by atoms with van der Waals surface area (Å²) in [6.45, 7) is 8.70. The lowest BCUT2D eigenvalue weighted by Crippen LogP contribution is -2.31. The Morgan fingerprint density at radius 1 is 0.274 bits per heavy atom. The van der Waals surface area contributed by atoms with Crippen LogP contribution in [0.3, 0.4) is 0 Å². The summed E-state index contributed by atoms with van der Waals surface area (Å²) in [6, 6.07) is 112. The van der Waals surface area contributed by atoms with Crippen molar-refractivity contribution in [2.75, 3.05) is 0 Å². The third kappa shape index (κ3) is 13.1. The molecule has 504 valence electrons. The van der Waals surface area contributed by atoms with E-state index >= 15 is 0 Å². The Morgan fingerprint density at radius 3 is 0.915 bits per heavy atom. The molecular weight excluding hydrogens is 1360 g/mol. The van der Waals surface area contributed by atoms with Gasteiger partial charge in [0.25, 0.3) is 0 Å². The summed E-state index contributed by atoms with van der Waals surface area (Å²) < 4.78 is 1.07. The molecule has 2 heterocycles. The lowest BCUT2D eigenvalue weighted by atomic mass is 9.75. The molecule has 18 rings (SSSR count). The molecule has 0 atom stereocenters. The van der Waals surface area contributed by atoms with Gasteiger partial charge in [-0.05, 0) is 159 Å². The van der Waals surface area contributed by atoms with E-state index in [1.54, 1.807) is 6.07 Å². The predicted molar refractivity (Wildman–Crippen MR) is 432 cm³/mol. The van der Waals surface area contributed by atoms with Crippen molar-refractivity contribution in [3.63, 3.8) is 0 Å². The molecule has 2 N–H and O–H groups in total. The van der Waals surface area contributed by atoms with Gasteiger partial charge in [-0.25, -0.2) is 29.9 Å². The van der Waals surface area contributed by atoms with Crippen LogP contribution in [0, 0.1) is 22.7 Å². The molecule has 0 fully saturated rings. The molecule has 0 aliphatic heterocycles. The summed E-state index contributed by atoms with van der Waals surface area (Å²) in [5.74, 6) is 3.90.